The van der Waals surface area contributed by atoms with Gasteiger partial charge in [0.05, 0.1) is 11.2 Å². The zero-order valence-electron chi connectivity index (χ0n) is 11.4. The predicted octanol–water partition coefficient (Wildman–Crippen LogP) is 3.46. The number of hydrogen-bond acceptors (Lipinski definition) is 3. The summed E-state index contributed by atoms with van der Waals surface area (Å²) in [6.07, 6.45) is 4.10. The summed E-state index contributed by atoms with van der Waals surface area (Å²) in [6.45, 7) is 0.551. The van der Waals surface area contributed by atoms with E-state index in [0.717, 1.165) is 17.5 Å². The predicted molar refractivity (Wildman–Crippen MR) is 83.7 cm³/mol. The third-order valence-electron chi connectivity index (χ3n) is 3.31. The largest absolute Gasteiger partial charge is 0.483 e. The molecule has 0 saturated heterocycles. The lowest BCUT2D eigenvalue weighted by Crippen LogP contribution is -2.13. The molecule has 0 amide bonds. The molecule has 5 heteroatoms. The van der Waals surface area contributed by atoms with Gasteiger partial charge in [-0.3, -0.25) is 0 Å². The molecule has 0 saturated carbocycles. The monoisotopic (exact) mass is 301 g/mol. The van der Waals surface area contributed by atoms with Crippen molar-refractivity contribution in [1.29, 1.82) is 0 Å². The SMILES string of the molecule is NCC[C@@H](Oc1cc(Cl)cn2nccc12)c1ccccc1. The molecule has 1 aromatic carbocycles. The van der Waals surface area contributed by atoms with Crippen LogP contribution in [0.5, 0.6) is 5.75 Å². The van der Waals surface area contributed by atoms with Crippen LogP contribution in [-0.4, -0.2) is 16.2 Å². The molecule has 108 valence electrons. The maximum atomic E-state index is 6.17. The van der Waals surface area contributed by atoms with Gasteiger partial charge in [-0.05, 0) is 18.2 Å². The zero-order valence-corrected chi connectivity index (χ0v) is 12.2. The molecule has 4 nitrogen and oxygen atoms in total. The van der Waals surface area contributed by atoms with Crippen molar-refractivity contribution in [3.05, 3.63) is 65.4 Å². The molecule has 0 aliphatic rings. The van der Waals surface area contributed by atoms with Gasteiger partial charge in [-0.1, -0.05) is 41.9 Å². The van der Waals surface area contributed by atoms with E-state index in [1.165, 1.54) is 0 Å². The van der Waals surface area contributed by atoms with Crippen molar-refractivity contribution in [2.24, 2.45) is 5.73 Å². The highest BCUT2D eigenvalue weighted by Gasteiger charge is 2.15. The first kappa shape index (κ1) is 13.9. The van der Waals surface area contributed by atoms with Gasteiger partial charge in [-0.2, -0.15) is 5.10 Å². The Kier molecular flexibility index (Phi) is 4.08. The molecule has 21 heavy (non-hydrogen) atoms. The molecule has 0 radical (unpaired) electrons. The minimum absolute atomic E-state index is 0.103. The second-order valence-electron chi connectivity index (χ2n) is 4.78. The summed E-state index contributed by atoms with van der Waals surface area (Å²) in [6, 6.07) is 13.8. The fourth-order valence-corrected chi connectivity index (χ4v) is 2.52. The molecular weight excluding hydrogens is 286 g/mol. The number of nitrogens with zero attached hydrogens (tertiary/aromatic N) is 2. The Hall–Kier alpha value is -2.04. The summed E-state index contributed by atoms with van der Waals surface area (Å²) in [4.78, 5) is 0. The second-order valence-corrected chi connectivity index (χ2v) is 5.21. The molecule has 0 aliphatic carbocycles. The first-order valence-electron chi connectivity index (χ1n) is 6.82. The van der Waals surface area contributed by atoms with Gasteiger partial charge >= 0.3 is 0 Å². The Balaban J connectivity index is 1.96. The number of halogens is 1. The highest BCUT2D eigenvalue weighted by molar-refractivity contribution is 6.30. The van der Waals surface area contributed by atoms with E-state index in [1.54, 1.807) is 16.9 Å². The molecule has 2 heterocycles. The van der Waals surface area contributed by atoms with E-state index in [0.29, 0.717) is 17.3 Å². The van der Waals surface area contributed by atoms with Gasteiger partial charge in [-0.15, -0.1) is 0 Å². The fraction of sp³-hybridized carbons (Fsp3) is 0.188. The molecule has 2 aromatic heterocycles. The van der Waals surface area contributed by atoms with Crippen LogP contribution in [0, 0.1) is 0 Å². The van der Waals surface area contributed by atoms with Crippen molar-refractivity contribution < 1.29 is 4.74 Å². The maximum absolute atomic E-state index is 6.17. The molecule has 0 bridgehead atoms. The Morgan fingerprint density at radius 2 is 2.05 bits per heavy atom. The number of hydrogen-bond donors (Lipinski definition) is 1. The minimum Gasteiger partial charge on any atom is -0.483 e. The minimum atomic E-state index is -0.103. The lowest BCUT2D eigenvalue weighted by atomic mass is 10.1. The topological polar surface area (TPSA) is 52.5 Å². The van der Waals surface area contributed by atoms with Gasteiger partial charge in [0.15, 0.2) is 0 Å². The standard InChI is InChI=1S/C16H16ClN3O/c17-13-10-16(14-7-9-19-20(14)11-13)21-15(6-8-18)12-4-2-1-3-5-12/h1-5,7,9-11,15H,6,8,18H2/t15-/m1/s1. The van der Waals surface area contributed by atoms with Gasteiger partial charge < -0.3 is 10.5 Å². The summed E-state index contributed by atoms with van der Waals surface area (Å²) in [5.74, 6) is 0.710. The van der Waals surface area contributed by atoms with Crippen LogP contribution < -0.4 is 10.5 Å². The maximum Gasteiger partial charge on any atom is 0.147 e. The van der Waals surface area contributed by atoms with E-state index in [-0.39, 0.29) is 6.10 Å². The van der Waals surface area contributed by atoms with E-state index in [9.17, 15) is 0 Å². The van der Waals surface area contributed by atoms with Crippen LogP contribution in [0.4, 0.5) is 0 Å². The molecule has 0 unspecified atom stereocenters. The number of aromatic nitrogens is 2. The fourth-order valence-electron chi connectivity index (χ4n) is 2.33. The Morgan fingerprint density at radius 3 is 2.81 bits per heavy atom. The summed E-state index contributed by atoms with van der Waals surface area (Å²) < 4.78 is 7.88. The average molecular weight is 302 g/mol. The number of ether oxygens (including phenoxy) is 1. The molecule has 2 N–H and O–H groups in total. The second kappa shape index (κ2) is 6.16. The first-order valence-corrected chi connectivity index (χ1v) is 7.20. The zero-order chi connectivity index (χ0) is 14.7. The molecule has 1 atom stereocenters. The highest BCUT2D eigenvalue weighted by atomic mass is 35.5. The number of rotatable bonds is 5. The van der Waals surface area contributed by atoms with Crippen molar-refractivity contribution in [3.63, 3.8) is 0 Å². The number of nitrogens with two attached hydrogens (primary N) is 1. The molecule has 3 rings (SSSR count). The summed E-state index contributed by atoms with van der Waals surface area (Å²) in [5.41, 5.74) is 7.70. The third kappa shape index (κ3) is 3.01. The molecule has 0 aliphatic heterocycles. The highest BCUT2D eigenvalue weighted by Crippen LogP contribution is 2.30. The Labute approximate surface area is 128 Å². The van der Waals surface area contributed by atoms with E-state index >= 15 is 0 Å². The first-order chi connectivity index (χ1) is 10.3. The van der Waals surface area contributed by atoms with Crippen LogP contribution in [0.1, 0.15) is 18.1 Å². The van der Waals surface area contributed by atoms with Gasteiger partial charge in [0.25, 0.3) is 0 Å². The smallest absolute Gasteiger partial charge is 0.147 e. The van der Waals surface area contributed by atoms with Crippen LogP contribution in [0.25, 0.3) is 5.52 Å². The van der Waals surface area contributed by atoms with E-state index < -0.39 is 0 Å². The lowest BCUT2D eigenvalue weighted by molar-refractivity contribution is 0.199. The molecule has 3 aromatic rings. The van der Waals surface area contributed by atoms with E-state index in [1.807, 2.05) is 42.5 Å². The van der Waals surface area contributed by atoms with Crippen LogP contribution in [0.2, 0.25) is 5.02 Å². The van der Waals surface area contributed by atoms with Crippen molar-refractivity contribution >= 4 is 17.1 Å². The van der Waals surface area contributed by atoms with Crippen LogP contribution in [0.3, 0.4) is 0 Å². The van der Waals surface area contributed by atoms with E-state index in [4.69, 9.17) is 22.1 Å². The van der Waals surface area contributed by atoms with Crippen LogP contribution >= 0.6 is 11.6 Å². The quantitative estimate of drug-likeness (QED) is 0.785. The Bertz CT molecular complexity index is 727. The van der Waals surface area contributed by atoms with Crippen molar-refractivity contribution in [2.75, 3.05) is 6.54 Å². The van der Waals surface area contributed by atoms with Gasteiger partial charge in [0.2, 0.25) is 0 Å². The number of fused-ring (bicyclic) bond motifs is 1. The van der Waals surface area contributed by atoms with Gasteiger partial charge in [-0.25, -0.2) is 4.52 Å². The summed E-state index contributed by atoms with van der Waals surface area (Å²) >= 11 is 6.12. The normalized spacial score (nSPS) is 12.5. The number of benzene rings is 1. The van der Waals surface area contributed by atoms with E-state index in [2.05, 4.69) is 5.10 Å². The third-order valence-corrected chi connectivity index (χ3v) is 3.51. The summed E-state index contributed by atoms with van der Waals surface area (Å²) in [7, 11) is 0. The average Bonchev–Trinajstić information content (AvgIpc) is 2.96. The molecular formula is C16H16ClN3O. The van der Waals surface area contributed by atoms with Crippen LogP contribution in [-0.2, 0) is 0 Å². The summed E-state index contributed by atoms with van der Waals surface area (Å²) in [5, 5.41) is 4.78. The number of pyridine rings is 1. The van der Waals surface area contributed by atoms with Gasteiger partial charge in [0, 0.05) is 18.7 Å². The molecule has 0 fully saturated rings. The Morgan fingerprint density at radius 1 is 1.24 bits per heavy atom. The van der Waals surface area contributed by atoms with Crippen molar-refractivity contribution in [3.8, 4) is 5.75 Å². The van der Waals surface area contributed by atoms with Gasteiger partial charge in [0.1, 0.15) is 17.4 Å². The van der Waals surface area contributed by atoms with Crippen molar-refractivity contribution in [2.45, 2.75) is 12.5 Å². The van der Waals surface area contributed by atoms with Crippen LogP contribution in [0.15, 0.2) is 54.9 Å². The molecule has 0 spiro atoms. The van der Waals surface area contributed by atoms with Crippen molar-refractivity contribution in [1.82, 2.24) is 9.61 Å². The lowest BCUT2D eigenvalue weighted by Gasteiger charge is -2.19.